The van der Waals surface area contributed by atoms with Crippen LogP contribution in [0, 0.1) is 11.6 Å². The molecule has 1 saturated heterocycles. The Morgan fingerprint density at radius 2 is 1.40 bits per heavy atom. The number of rotatable bonds is 2. The molecule has 0 unspecified atom stereocenters. The van der Waals surface area contributed by atoms with Crippen molar-refractivity contribution in [2.24, 2.45) is 0 Å². The summed E-state index contributed by atoms with van der Waals surface area (Å²) >= 11 is 5.71. The van der Waals surface area contributed by atoms with E-state index in [1.807, 2.05) is 0 Å². The van der Waals surface area contributed by atoms with E-state index in [-0.39, 0.29) is 22.4 Å². The monoisotopic (exact) mass is 364 g/mol. The van der Waals surface area contributed by atoms with E-state index in [9.17, 15) is 18.4 Å². The maximum absolute atomic E-state index is 13.3. The van der Waals surface area contributed by atoms with E-state index in [0.717, 1.165) is 6.07 Å². The molecular formula is C18H15ClF2N2O2. The Morgan fingerprint density at radius 1 is 0.840 bits per heavy atom. The van der Waals surface area contributed by atoms with Gasteiger partial charge in [-0.2, -0.15) is 0 Å². The Kier molecular flexibility index (Phi) is 4.99. The van der Waals surface area contributed by atoms with Crippen LogP contribution in [0.25, 0.3) is 0 Å². The summed E-state index contributed by atoms with van der Waals surface area (Å²) in [6, 6.07) is 9.35. The van der Waals surface area contributed by atoms with Crippen LogP contribution in [-0.4, -0.2) is 47.8 Å². The molecule has 0 atom stereocenters. The molecule has 0 aromatic heterocycles. The summed E-state index contributed by atoms with van der Waals surface area (Å²) in [5.41, 5.74) is 0.585. The van der Waals surface area contributed by atoms with Gasteiger partial charge in [0.15, 0.2) is 0 Å². The summed E-state index contributed by atoms with van der Waals surface area (Å²) in [6.07, 6.45) is 0. The lowest BCUT2D eigenvalue weighted by atomic mass is 10.1. The lowest BCUT2D eigenvalue weighted by Gasteiger charge is -2.35. The Balaban J connectivity index is 1.64. The quantitative estimate of drug-likeness (QED) is 0.821. The minimum Gasteiger partial charge on any atom is -0.335 e. The van der Waals surface area contributed by atoms with Crippen molar-refractivity contribution in [2.45, 2.75) is 0 Å². The SMILES string of the molecule is O=C(c1cccc(F)c1)N1CCN(C(=O)c2ccc(F)c(Cl)c2)CC1. The third-order valence-corrected chi connectivity index (χ3v) is 4.38. The van der Waals surface area contributed by atoms with E-state index in [2.05, 4.69) is 0 Å². The number of hydrogen-bond donors (Lipinski definition) is 0. The highest BCUT2D eigenvalue weighted by molar-refractivity contribution is 6.31. The largest absolute Gasteiger partial charge is 0.335 e. The van der Waals surface area contributed by atoms with Crippen molar-refractivity contribution in [1.29, 1.82) is 0 Å². The second-order valence-electron chi connectivity index (χ2n) is 5.72. The van der Waals surface area contributed by atoms with E-state index in [4.69, 9.17) is 11.6 Å². The average Bonchev–Trinajstić information content (AvgIpc) is 2.63. The number of benzene rings is 2. The molecule has 25 heavy (non-hydrogen) atoms. The molecule has 2 amide bonds. The van der Waals surface area contributed by atoms with E-state index < -0.39 is 11.6 Å². The second kappa shape index (κ2) is 7.19. The molecule has 7 heteroatoms. The predicted octanol–water partition coefficient (Wildman–Crippen LogP) is 3.22. The number of piperazine rings is 1. The second-order valence-corrected chi connectivity index (χ2v) is 6.13. The van der Waals surface area contributed by atoms with Gasteiger partial charge in [-0.3, -0.25) is 9.59 Å². The average molecular weight is 365 g/mol. The fraction of sp³-hybridized carbons (Fsp3) is 0.222. The van der Waals surface area contributed by atoms with Crippen LogP contribution < -0.4 is 0 Å². The van der Waals surface area contributed by atoms with Crippen molar-refractivity contribution in [2.75, 3.05) is 26.2 Å². The minimum absolute atomic E-state index is 0.106. The number of carbonyl (C=O) groups excluding carboxylic acids is 2. The molecular weight excluding hydrogens is 350 g/mol. The maximum atomic E-state index is 13.3. The summed E-state index contributed by atoms with van der Waals surface area (Å²) in [5.74, 6) is -1.58. The number of amides is 2. The van der Waals surface area contributed by atoms with Crippen molar-refractivity contribution in [3.05, 3.63) is 70.2 Å². The van der Waals surface area contributed by atoms with Crippen molar-refractivity contribution < 1.29 is 18.4 Å². The number of halogens is 3. The minimum atomic E-state index is -0.580. The summed E-state index contributed by atoms with van der Waals surface area (Å²) in [4.78, 5) is 28.0. The zero-order chi connectivity index (χ0) is 18.0. The zero-order valence-electron chi connectivity index (χ0n) is 13.2. The van der Waals surface area contributed by atoms with Gasteiger partial charge in [-0.15, -0.1) is 0 Å². The van der Waals surface area contributed by atoms with Crippen LogP contribution >= 0.6 is 11.6 Å². The molecule has 0 radical (unpaired) electrons. The highest BCUT2D eigenvalue weighted by Crippen LogP contribution is 2.18. The fourth-order valence-corrected chi connectivity index (χ4v) is 2.91. The van der Waals surface area contributed by atoms with Gasteiger partial charge in [0.25, 0.3) is 11.8 Å². The highest BCUT2D eigenvalue weighted by atomic mass is 35.5. The molecule has 1 fully saturated rings. The lowest BCUT2D eigenvalue weighted by Crippen LogP contribution is -2.50. The van der Waals surface area contributed by atoms with Gasteiger partial charge in [-0.1, -0.05) is 17.7 Å². The van der Waals surface area contributed by atoms with Crippen LogP contribution in [0.5, 0.6) is 0 Å². The Labute approximate surface area is 148 Å². The van der Waals surface area contributed by atoms with Crippen LogP contribution in [0.3, 0.4) is 0 Å². The first-order valence-corrected chi connectivity index (χ1v) is 8.12. The van der Waals surface area contributed by atoms with Gasteiger partial charge in [0.1, 0.15) is 11.6 Å². The van der Waals surface area contributed by atoms with Gasteiger partial charge in [0.2, 0.25) is 0 Å². The van der Waals surface area contributed by atoms with Crippen molar-refractivity contribution in [3.8, 4) is 0 Å². The molecule has 0 aliphatic carbocycles. The molecule has 2 aromatic carbocycles. The molecule has 1 heterocycles. The van der Waals surface area contributed by atoms with E-state index in [1.54, 1.807) is 15.9 Å². The van der Waals surface area contributed by atoms with E-state index in [1.165, 1.54) is 30.3 Å². The molecule has 4 nitrogen and oxygen atoms in total. The molecule has 130 valence electrons. The van der Waals surface area contributed by atoms with Gasteiger partial charge in [-0.25, -0.2) is 8.78 Å². The summed E-state index contributed by atoms with van der Waals surface area (Å²) in [6.45, 7) is 1.37. The van der Waals surface area contributed by atoms with Crippen LogP contribution in [0.15, 0.2) is 42.5 Å². The van der Waals surface area contributed by atoms with Crippen molar-refractivity contribution in [3.63, 3.8) is 0 Å². The number of nitrogens with zero attached hydrogens (tertiary/aromatic N) is 2. The van der Waals surface area contributed by atoms with Crippen LogP contribution in [0.4, 0.5) is 8.78 Å². The molecule has 1 aliphatic rings. The number of hydrogen-bond acceptors (Lipinski definition) is 2. The third kappa shape index (κ3) is 3.79. The Hall–Kier alpha value is -2.47. The number of carbonyl (C=O) groups is 2. The maximum Gasteiger partial charge on any atom is 0.254 e. The summed E-state index contributed by atoms with van der Waals surface area (Å²) in [7, 11) is 0. The van der Waals surface area contributed by atoms with Gasteiger partial charge in [0.05, 0.1) is 5.02 Å². The summed E-state index contributed by atoms with van der Waals surface area (Å²) in [5, 5.41) is -0.106. The first-order valence-electron chi connectivity index (χ1n) is 7.75. The third-order valence-electron chi connectivity index (χ3n) is 4.09. The first-order chi connectivity index (χ1) is 12.0. The van der Waals surface area contributed by atoms with Crippen molar-refractivity contribution >= 4 is 23.4 Å². The van der Waals surface area contributed by atoms with E-state index >= 15 is 0 Å². The van der Waals surface area contributed by atoms with Gasteiger partial charge >= 0.3 is 0 Å². The van der Waals surface area contributed by atoms with Crippen molar-refractivity contribution in [1.82, 2.24) is 9.80 Å². The Bertz CT molecular complexity index is 820. The molecule has 0 N–H and O–H groups in total. The van der Waals surface area contributed by atoms with Gasteiger partial charge in [0, 0.05) is 37.3 Å². The summed E-state index contributed by atoms with van der Waals surface area (Å²) < 4.78 is 26.5. The van der Waals surface area contributed by atoms with E-state index in [0.29, 0.717) is 31.7 Å². The molecule has 0 spiro atoms. The zero-order valence-corrected chi connectivity index (χ0v) is 14.0. The molecule has 0 bridgehead atoms. The first kappa shape index (κ1) is 17.4. The van der Waals surface area contributed by atoms with Crippen LogP contribution in [-0.2, 0) is 0 Å². The normalized spacial score (nSPS) is 14.5. The molecule has 0 saturated carbocycles. The highest BCUT2D eigenvalue weighted by Gasteiger charge is 2.26. The van der Waals surface area contributed by atoms with Gasteiger partial charge in [-0.05, 0) is 36.4 Å². The predicted molar refractivity (Wildman–Crippen MR) is 89.6 cm³/mol. The van der Waals surface area contributed by atoms with Crippen LogP contribution in [0.1, 0.15) is 20.7 Å². The topological polar surface area (TPSA) is 40.6 Å². The smallest absolute Gasteiger partial charge is 0.254 e. The molecule has 2 aromatic rings. The standard InChI is InChI=1S/C18H15ClF2N2O2/c19-15-11-13(4-5-16(15)21)18(25)23-8-6-22(7-9-23)17(24)12-2-1-3-14(20)10-12/h1-5,10-11H,6-9H2. The van der Waals surface area contributed by atoms with Gasteiger partial charge < -0.3 is 9.80 Å². The van der Waals surface area contributed by atoms with Crippen LogP contribution in [0.2, 0.25) is 5.02 Å². The lowest BCUT2D eigenvalue weighted by molar-refractivity contribution is 0.0535. The Morgan fingerprint density at radius 3 is 1.92 bits per heavy atom. The fourth-order valence-electron chi connectivity index (χ4n) is 2.73. The molecule has 1 aliphatic heterocycles. The molecule has 3 rings (SSSR count).